The molecule has 0 amide bonds. The molecule has 2 unspecified atom stereocenters. The van der Waals surface area contributed by atoms with E-state index < -0.39 is 5.97 Å². The van der Waals surface area contributed by atoms with E-state index in [9.17, 15) is 9.90 Å². The van der Waals surface area contributed by atoms with Crippen molar-refractivity contribution in [3.8, 4) is 0 Å². The van der Waals surface area contributed by atoms with Gasteiger partial charge in [-0.15, -0.1) is 0 Å². The molecule has 1 fully saturated rings. The number of aliphatic hydroxyl groups excluding tert-OH is 1. The predicted octanol–water partition coefficient (Wildman–Crippen LogP) is 1.17. The van der Waals surface area contributed by atoms with E-state index in [1.165, 1.54) is 6.20 Å². The fourth-order valence-corrected chi connectivity index (χ4v) is 2.25. The van der Waals surface area contributed by atoms with E-state index in [4.69, 9.17) is 4.74 Å². The highest BCUT2D eigenvalue weighted by Crippen LogP contribution is 2.21. The lowest BCUT2D eigenvalue weighted by Crippen LogP contribution is -2.43. The second-order valence-electron chi connectivity index (χ2n) is 5.17. The number of hydrogen-bond donors (Lipinski definition) is 1. The zero-order valence-corrected chi connectivity index (χ0v) is 12.2. The van der Waals surface area contributed by atoms with Gasteiger partial charge in [0.25, 0.3) is 0 Å². The predicted molar refractivity (Wildman–Crippen MR) is 74.7 cm³/mol. The smallest absolute Gasteiger partial charge is 0.341 e. The number of carbonyl (C=O) groups is 1. The Kier molecular flexibility index (Phi) is 4.54. The van der Waals surface area contributed by atoms with Gasteiger partial charge in [0.1, 0.15) is 0 Å². The Labute approximate surface area is 118 Å². The van der Waals surface area contributed by atoms with Crippen LogP contribution in [-0.4, -0.2) is 46.8 Å². The molecule has 0 aromatic carbocycles. The van der Waals surface area contributed by atoms with Gasteiger partial charge in [-0.3, -0.25) is 0 Å². The zero-order valence-electron chi connectivity index (χ0n) is 12.2. The Bertz CT molecular complexity index is 493. The molecule has 2 atom stereocenters. The van der Waals surface area contributed by atoms with Crippen LogP contribution < -0.4 is 4.90 Å². The van der Waals surface area contributed by atoms with Crippen molar-refractivity contribution in [2.24, 2.45) is 5.92 Å². The highest BCUT2D eigenvalue weighted by Gasteiger charge is 2.26. The lowest BCUT2D eigenvalue weighted by molar-refractivity contribution is 0.0524. The third kappa shape index (κ3) is 3.07. The first-order valence-corrected chi connectivity index (χ1v) is 6.96. The number of ether oxygens (including phenoxy) is 1. The second-order valence-corrected chi connectivity index (χ2v) is 5.17. The van der Waals surface area contributed by atoms with Gasteiger partial charge in [-0.25, -0.2) is 14.8 Å². The zero-order chi connectivity index (χ0) is 14.7. The Hall–Kier alpha value is -1.69. The van der Waals surface area contributed by atoms with Crippen LogP contribution in [0.25, 0.3) is 0 Å². The molecule has 0 spiro atoms. The van der Waals surface area contributed by atoms with Gasteiger partial charge in [0.15, 0.2) is 0 Å². The second kappa shape index (κ2) is 6.17. The van der Waals surface area contributed by atoms with E-state index in [2.05, 4.69) is 9.97 Å². The maximum absolute atomic E-state index is 11.7. The number of esters is 1. The van der Waals surface area contributed by atoms with Crippen LogP contribution in [-0.2, 0) is 4.74 Å². The quantitative estimate of drug-likeness (QED) is 0.837. The Morgan fingerprint density at radius 3 is 2.95 bits per heavy atom. The minimum atomic E-state index is -0.399. The molecule has 6 nitrogen and oxygen atoms in total. The molecule has 1 N–H and O–H groups in total. The molecule has 0 radical (unpaired) electrons. The molecule has 2 rings (SSSR count). The number of aromatic nitrogens is 2. The third-order valence-corrected chi connectivity index (χ3v) is 3.66. The summed E-state index contributed by atoms with van der Waals surface area (Å²) in [5.74, 6) is 0.455. The van der Waals surface area contributed by atoms with Crippen LogP contribution in [0.1, 0.15) is 36.3 Å². The van der Waals surface area contributed by atoms with Crippen LogP contribution in [0.4, 0.5) is 5.95 Å². The van der Waals surface area contributed by atoms with Crippen molar-refractivity contribution in [3.63, 3.8) is 0 Å². The Balaban J connectivity index is 2.15. The monoisotopic (exact) mass is 279 g/mol. The van der Waals surface area contributed by atoms with E-state index in [0.717, 1.165) is 13.0 Å². The summed E-state index contributed by atoms with van der Waals surface area (Å²) in [6.45, 7) is 7.24. The van der Waals surface area contributed by atoms with E-state index in [0.29, 0.717) is 36.3 Å². The maximum Gasteiger partial charge on any atom is 0.341 e. The summed E-state index contributed by atoms with van der Waals surface area (Å²) in [6, 6.07) is 0. The SMILES string of the molecule is CCOC(=O)c1cnc(N2CCC(C)C(O)C2)nc1C. The average Bonchev–Trinajstić information content (AvgIpc) is 2.42. The third-order valence-electron chi connectivity index (χ3n) is 3.66. The van der Waals surface area contributed by atoms with Crippen molar-refractivity contribution < 1.29 is 14.6 Å². The van der Waals surface area contributed by atoms with Crippen molar-refractivity contribution in [2.75, 3.05) is 24.6 Å². The van der Waals surface area contributed by atoms with Crippen LogP contribution in [0.5, 0.6) is 0 Å². The van der Waals surface area contributed by atoms with Crippen LogP contribution in [0.2, 0.25) is 0 Å². The number of hydrogen-bond acceptors (Lipinski definition) is 6. The number of piperidine rings is 1. The van der Waals surface area contributed by atoms with Crippen molar-refractivity contribution >= 4 is 11.9 Å². The topological polar surface area (TPSA) is 75.5 Å². The summed E-state index contributed by atoms with van der Waals surface area (Å²) < 4.78 is 4.95. The van der Waals surface area contributed by atoms with Crippen LogP contribution in [0, 0.1) is 12.8 Å². The first-order chi connectivity index (χ1) is 9.52. The number of anilines is 1. The van der Waals surface area contributed by atoms with E-state index in [1.807, 2.05) is 11.8 Å². The number of nitrogens with zero attached hydrogens (tertiary/aromatic N) is 3. The molecule has 6 heteroatoms. The highest BCUT2D eigenvalue weighted by atomic mass is 16.5. The normalized spacial score (nSPS) is 22.7. The minimum Gasteiger partial charge on any atom is -0.462 e. The molecular weight excluding hydrogens is 258 g/mol. The van der Waals surface area contributed by atoms with Gasteiger partial charge in [0.2, 0.25) is 5.95 Å². The van der Waals surface area contributed by atoms with Crippen LogP contribution in [0.15, 0.2) is 6.20 Å². The van der Waals surface area contributed by atoms with Crippen molar-refractivity contribution in [1.29, 1.82) is 0 Å². The number of carbonyl (C=O) groups excluding carboxylic acids is 1. The molecule has 0 bridgehead atoms. The summed E-state index contributed by atoms with van der Waals surface area (Å²) in [5.41, 5.74) is 0.989. The molecule has 1 aromatic rings. The molecule has 1 aliphatic rings. The fraction of sp³-hybridized carbons (Fsp3) is 0.643. The molecule has 1 aliphatic heterocycles. The van der Waals surface area contributed by atoms with Gasteiger partial charge in [-0.05, 0) is 26.2 Å². The Morgan fingerprint density at radius 2 is 2.35 bits per heavy atom. The standard InChI is InChI=1S/C14H21N3O3/c1-4-20-13(19)11-7-15-14(16-10(11)3)17-6-5-9(2)12(18)8-17/h7,9,12,18H,4-6,8H2,1-3H3. The lowest BCUT2D eigenvalue weighted by atomic mass is 9.96. The van der Waals surface area contributed by atoms with Gasteiger partial charge in [0, 0.05) is 19.3 Å². The Morgan fingerprint density at radius 1 is 1.60 bits per heavy atom. The van der Waals surface area contributed by atoms with Gasteiger partial charge in [-0.1, -0.05) is 6.92 Å². The van der Waals surface area contributed by atoms with Crippen LogP contribution >= 0.6 is 0 Å². The number of β-amino-alcohol motifs (C(OH)–C–C–N with tert-alkyl or cyclic N) is 1. The van der Waals surface area contributed by atoms with Gasteiger partial charge >= 0.3 is 5.97 Å². The minimum absolute atomic E-state index is 0.297. The molecule has 2 heterocycles. The van der Waals surface area contributed by atoms with Crippen molar-refractivity contribution in [3.05, 3.63) is 17.5 Å². The maximum atomic E-state index is 11.7. The first kappa shape index (κ1) is 14.7. The number of aliphatic hydroxyl groups is 1. The van der Waals surface area contributed by atoms with Crippen molar-refractivity contribution in [2.45, 2.75) is 33.3 Å². The van der Waals surface area contributed by atoms with E-state index >= 15 is 0 Å². The highest BCUT2D eigenvalue weighted by molar-refractivity contribution is 5.90. The molecule has 1 aromatic heterocycles. The largest absolute Gasteiger partial charge is 0.462 e. The molecule has 20 heavy (non-hydrogen) atoms. The fourth-order valence-electron chi connectivity index (χ4n) is 2.25. The molecule has 1 saturated heterocycles. The molecule has 0 saturated carbocycles. The van der Waals surface area contributed by atoms with Gasteiger partial charge in [0.05, 0.1) is 24.0 Å². The summed E-state index contributed by atoms with van der Waals surface area (Å²) in [7, 11) is 0. The summed E-state index contributed by atoms with van der Waals surface area (Å²) in [4.78, 5) is 22.2. The molecule has 0 aliphatic carbocycles. The van der Waals surface area contributed by atoms with Gasteiger partial charge in [-0.2, -0.15) is 0 Å². The first-order valence-electron chi connectivity index (χ1n) is 6.96. The van der Waals surface area contributed by atoms with Crippen LogP contribution in [0.3, 0.4) is 0 Å². The van der Waals surface area contributed by atoms with Gasteiger partial charge < -0.3 is 14.7 Å². The average molecular weight is 279 g/mol. The van der Waals surface area contributed by atoms with E-state index in [1.54, 1.807) is 13.8 Å². The lowest BCUT2D eigenvalue weighted by Gasteiger charge is -2.34. The number of rotatable bonds is 3. The summed E-state index contributed by atoms with van der Waals surface area (Å²) in [5, 5.41) is 9.92. The summed E-state index contributed by atoms with van der Waals surface area (Å²) in [6.07, 6.45) is 2.04. The van der Waals surface area contributed by atoms with E-state index in [-0.39, 0.29) is 6.10 Å². The van der Waals surface area contributed by atoms with Crippen molar-refractivity contribution in [1.82, 2.24) is 9.97 Å². The molecular formula is C14H21N3O3. The number of aryl methyl sites for hydroxylation is 1. The summed E-state index contributed by atoms with van der Waals surface area (Å²) >= 11 is 0. The molecule has 110 valence electrons.